The Morgan fingerprint density at radius 3 is 3.10 bits per heavy atom. The highest BCUT2D eigenvalue weighted by molar-refractivity contribution is 7.98. The second-order valence-corrected chi connectivity index (χ2v) is 6.76. The number of hydrogen-bond donors (Lipinski definition) is 1. The van der Waals surface area contributed by atoms with Crippen LogP contribution in [0.15, 0.2) is 23.1 Å². The molecular formula is C15H19ClN2OS. The molecule has 1 N–H and O–H groups in total. The number of halogens is 1. The highest BCUT2D eigenvalue weighted by Gasteiger charge is 2.38. The Bertz CT molecular complexity index is 523. The van der Waals surface area contributed by atoms with E-state index in [9.17, 15) is 4.79 Å². The van der Waals surface area contributed by atoms with Crippen molar-refractivity contribution < 1.29 is 4.79 Å². The summed E-state index contributed by atoms with van der Waals surface area (Å²) >= 11 is 7.87. The summed E-state index contributed by atoms with van der Waals surface area (Å²) in [5, 5.41) is 3.96. The lowest BCUT2D eigenvalue weighted by atomic mass is 9.91. The van der Waals surface area contributed by atoms with Gasteiger partial charge in [0.2, 0.25) is 0 Å². The van der Waals surface area contributed by atoms with Crippen molar-refractivity contribution in [3.8, 4) is 0 Å². The van der Waals surface area contributed by atoms with Gasteiger partial charge in [-0.2, -0.15) is 0 Å². The number of amides is 1. The summed E-state index contributed by atoms with van der Waals surface area (Å²) in [5.41, 5.74) is 0.645. The first-order valence-corrected chi connectivity index (χ1v) is 8.66. The van der Waals surface area contributed by atoms with E-state index < -0.39 is 0 Å². The van der Waals surface area contributed by atoms with Gasteiger partial charge in [-0.1, -0.05) is 11.6 Å². The second-order valence-electron chi connectivity index (χ2n) is 5.47. The number of benzene rings is 1. The second kappa shape index (κ2) is 5.96. The maximum absolute atomic E-state index is 12.8. The highest BCUT2D eigenvalue weighted by atomic mass is 35.5. The number of likely N-dealkylation sites (tertiary alicyclic amines) is 1. The lowest BCUT2D eigenvalue weighted by Gasteiger charge is -2.37. The normalized spacial score (nSPS) is 25.6. The minimum Gasteiger partial charge on any atom is -0.334 e. The molecule has 2 saturated heterocycles. The zero-order valence-electron chi connectivity index (χ0n) is 11.6. The SMILES string of the molecule is CSc1ccc(Cl)c(C(=O)N2CCCC3CNCC32)c1. The molecule has 2 unspecified atom stereocenters. The van der Waals surface area contributed by atoms with Crippen LogP contribution in [-0.2, 0) is 0 Å². The maximum Gasteiger partial charge on any atom is 0.255 e. The van der Waals surface area contributed by atoms with E-state index >= 15 is 0 Å². The van der Waals surface area contributed by atoms with Crippen molar-refractivity contribution in [1.82, 2.24) is 10.2 Å². The number of rotatable bonds is 2. The topological polar surface area (TPSA) is 32.3 Å². The summed E-state index contributed by atoms with van der Waals surface area (Å²) in [5.74, 6) is 0.694. The van der Waals surface area contributed by atoms with Crippen molar-refractivity contribution in [3.63, 3.8) is 0 Å². The van der Waals surface area contributed by atoms with E-state index in [0.717, 1.165) is 31.0 Å². The first-order valence-electron chi connectivity index (χ1n) is 7.06. The van der Waals surface area contributed by atoms with Crippen LogP contribution in [0.2, 0.25) is 5.02 Å². The number of hydrogen-bond acceptors (Lipinski definition) is 3. The number of piperidine rings is 1. The summed E-state index contributed by atoms with van der Waals surface area (Å²) in [6.45, 7) is 2.80. The van der Waals surface area contributed by atoms with Gasteiger partial charge in [0.15, 0.2) is 0 Å². The fourth-order valence-corrected chi connectivity index (χ4v) is 3.91. The smallest absolute Gasteiger partial charge is 0.255 e. The van der Waals surface area contributed by atoms with Crippen molar-refractivity contribution in [3.05, 3.63) is 28.8 Å². The Morgan fingerprint density at radius 2 is 2.30 bits per heavy atom. The predicted molar refractivity (Wildman–Crippen MR) is 83.7 cm³/mol. The molecule has 0 saturated carbocycles. The van der Waals surface area contributed by atoms with Crippen molar-refractivity contribution >= 4 is 29.3 Å². The Kier molecular flexibility index (Phi) is 4.24. The van der Waals surface area contributed by atoms with Crippen LogP contribution in [0.4, 0.5) is 0 Å². The highest BCUT2D eigenvalue weighted by Crippen LogP contribution is 2.30. The Hall–Kier alpha value is -0.710. The molecule has 5 heteroatoms. The zero-order chi connectivity index (χ0) is 14.1. The van der Waals surface area contributed by atoms with E-state index in [-0.39, 0.29) is 5.91 Å². The molecule has 2 aliphatic rings. The van der Waals surface area contributed by atoms with Crippen LogP contribution in [0.3, 0.4) is 0 Å². The third-order valence-corrected chi connectivity index (χ3v) is 5.40. The minimum absolute atomic E-state index is 0.0873. The summed E-state index contributed by atoms with van der Waals surface area (Å²) < 4.78 is 0. The lowest BCUT2D eigenvalue weighted by molar-refractivity contribution is 0.0574. The van der Waals surface area contributed by atoms with Crippen molar-refractivity contribution in [2.24, 2.45) is 5.92 Å². The van der Waals surface area contributed by atoms with Gasteiger partial charge in [0.1, 0.15) is 0 Å². The Labute approximate surface area is 129 Å². The van der Waals surface area contributed by atoms with E-state index in [1.54, 1.807) is 11.8 Å². The minimum atomic E-state index is 0.0873. The number of fused-ring (bicyclic) bond motifs is 1. The first kappa shape index (κ1) is 14.2. The third-order valence-electron chi connectivity index (χ3n) is 4.34. The van der Waals surface area contributed by atoms with Crippen molar-refractivity contribution in [1.29, 1.82) is 0 Å². The van der Waals surface area contributed by atoms with Gasteiger partial charge in [0, 0.05) is 30.6 Å². The van der Waals surface area contributed by atoms with E-state index in [0.29, 0.717) is 22.5 Å². The van der Waals surface area contributed by atoms with Gasteiger partial charge >= 0.3 is 0 Å². The fraction of sp³-hybridized carbons (Fsp3) is 0.533. The van der Waals surface area contributed by atoms with Crippen LogP contribution in [0, 0.1) is 5.92 Å². The molecule has 20 heavy (non-hydrogen) atoms. The molecule has 108 valence electrons. The molecule has 0 spiro atoms. The van der Waals surface area contributed by atoms with Crippen LogP contribution in [0.1, 0.15) is 23.2 Å². The monoisotopic (exact) mass is 310 g/mol. The number of nitrogens with zero attached hydrogens (tertiary/aromatic N) is 1. The summed E-state index contributed by atoms with van der Waals surface area (Å²) in [4.78, 5) is 15.9. The molecule has 2 atom stereocenters. The van der Waals surface area contributed by atoms with E-state index in [2.05, 4.69) is 5.32 Å². The molecule has 1 aromatic rings. The summed E-state index contributed by atoms with van der Waals surface area (Å²) in [6, 6.07) is 6.04. The molecule has 0 aromatic heterocycles. The molecule has 2 fully saturated rings. The number of carbonyl (C=O) groups is 1. The summed E-state index contributed by atoms with van der Waals surface area (Å²) in [6.07, 6.45) is 4.32. The average Bonchev–Trinajstić information content (AvgIpc) is 2.95. The first-order chi connectivity index (χ1) is 9.70. The quantitative estimate of drug-likeness (QED) is 0.853. The van der Waals surface area contributed by atoms with Gasteiger partial charge in [-0.05, 0) is 43.2 Å². The van der Waals surface area contributed by atoms with Gasteiger partial charge in [0.05, 0.1) is 10.6 Å². The van der Waals surface area contributed by atoms with Crippen LogP contribution in [0.5, 0.6) is 0 Å². The number of thioether (sulfide) groups is 1. The molecular weight excluding hydrogens is 292 g/mol. The van der Waals surface area contributed by atoms with Crippen LogP contribution in [-0.4, -0.2) is 42.7 Å². The molecule has 1 aromatic carbocycles. The van der Waals surface area contributed by atoms with Crippen LogP contribution in [0.25, 0.3) is 0 Å². The van der Waals surface area contributed by atoms with E-state index in [1.807, 2.05) is 29.4 Å². The van der Waals surface area contributed by atoms with E-state index in [1.165, 1.54) is 6.42 Å². The lowest BCUT2D eigenvalue weighted by Crippen LogP contribution is -2.48. The fourth-order valence-electron chi connectivity index (χ4n) is 3.27. The largest absolute Gasteiger partial charge is 0.334 e. The molecule has 1 amide bonds. The Balaban J connectivity index is 1.88. The average molecular weight is 311 g/mol. The standard InChI is InChI=1S/C15H19ClN2OS/c1-20-11-4-5-13(16)12(7-11)15(19)18-6-2-3-10-8-17-9-14(10)18/h4-5,7,10,14,17H,2-3,6,8-9H2,1H3. The molecule has 0 aliphatic carbocycles. The molecule has 2 aliphatic heterocycles. The molecule has 3 rings (SSSR count). The number of nitrogens with one attached hydrogen (secondary N) is 1. The van der Waals surface area contributed by atoms with Gasteiger partial charge in [-0.3, -0.25) is 4.79 Å². The van der Waals surface area contributed by atoms with Gasteiger partial charge in [-0.25, -0.2) is 0 Å². The van der Waals surface area contributed by atoms with Crippen LogP contribution < -0.4 is 5.32 Å². The van der Waals surface area contributed by atoms with Crippen molar-refractivity contribution in [2.75, 3.05) is 25.9 Å². The van der Waals surface area contributed by atoms with E-state index in [4.69, 9.17) is 11.6 Å². The predicted octanol–water partition coefficient (Wildman–Crippen LogP) is 2.89. The summed E-state index contributed by atoms with van der Waals surface area (Å²) in [7, 11) is 0. The van der Waals surface area contributed by atoms with Crippen LogP contribution >= 0.6 is 23.4 Å². The maximum atomic E-state index is 12.8. The van der Waals surface area contributed by atoms with Gasteiger partial charge in [-0.15, -0.1) is 11.8 Å². The molecule has 3 nitrogen and oxygen atoms in total. The zero-order valence-corrected chi connectivity index (χ0v) is 13.1. The number of carbonyl (C=O) groups excluding carboxylic acids is 1. The molecule has 0 bridgehead atoms. The van der Waals surface area contributed by atoms with Crippen molar-refractivity contribution in [2.45, 2.75) is 23.8 Å². The molecule has 0 radical (unpaired) electrons. The molecule has 2 heterocycles. The Morgan fingerprint density at radius 1 is 1.45 bits per heavy atom. The third kappa shape index (κ3) is 2.57. The van der Waals surface area contributed by atoms with Gasteiger partial charge < -0.3 is 10.2 Å². The van der Waals surface area contributed by atoms with Gasteiger partial charge in [0.25, 0.3) is 5.91 Å².